The molecule has 1 aromatic heterocycles. The third-order valence-electron chi connectivity index (χ3n) is 3.15. The smallest absolute Gasteiger partial charge is 0.175 e. The van der Waals surface area contributed by atoms with E-state index in [0.29, 0.717) is 6.04 Å². The number of nitrogens with one attached hydrogen (secondary N) is 1. The molecule has 0 saturated carbocycles. The molecule has 0 saturated heterocycles. The van der Waals surface area contributed by atoms with Crippen LogP contribution < -0.4 is 10.1 Å². The molecule has 21 heavy (non-hydrogen) atoms. The highest BCUT2D eigenvalue weighted by Crippen LogP contribution is 2.33. The minimum Gasteiger partial charge on any atom is -0.496 e. The molecule has 1 unspecified atom stereocenters. The molecule has 0 bridgehead atoms. The first-order valence-electron chi connectivity index (χ1n) is 6.52. The number of ether oxygens (including phenoxy) is 1. The van der Waals surface area contributed by atoms with Gasteiger partial charge in [-0.1, -0.05) is 40.9 Å². The predicted octanol–water partition coefficient (Wildman–Crippen LogP) is 3.84. The minimum atomic E-state index is 0.323. The summed E-state index contributed by atoms with van der Waals surface area (Å²) in [6.45, 7) is 2.15. The summed E-state index contributed by atoms with van der Waals surface area (Å²) in [5, 5.41) is 11.6. The van der Waals surface area contributed by atoms with E-state index in [2.05, 4.69) is 34.6 Å². The standard InChI is InChI=1S/C14H19N3OS3/c1-9(15-2)10-5-6-12(18-3)11(7-10)8-20-14-17-16-13(19-4)21-14/h5-7,9,15H,8H2,1-4H3. The minimum absolute atomic E-state index is 0.323. The van der Waals surface area contributed by atoms with Gasteiger partial charge in [0.15, 0.2) is 8.68 Å². The third kappa shape index (κ3) is 4.35. The Morgan fingerprint density at radius 3 is 2.71 bits per heavy atom. The summed E-state index contributed by atoms with van der Waals surface area (Å²) < 4.78 is 7.45. The third-order valence-corrected chi connectivity index (χ3v) is 6.23. The summed E-state index contributed by atoms with van der Waals surface area (Å²) in [4.78, 5) is 0. The molecule has 0 amide bonds. The maximum atomic E-state index is 5.46. The Morgan fingerprint density at radius 1 is 1.33 bits per heavy atom. The van der Waals surface area contributed by atoms with Crippen LogP contribution in [0.5, 0.6) is 5.75 Å². The van der Waals surface area contributed by atoms with Gasteiger partial charge in [-0.05, 0) is 37.9 Å². The van der Waals surface area contributed by atoms with E-state index in [9.17, 15) is 0 Å². The number of hydrogen-bond acceptors (Lipinski definition) is 7. The molecule has 0 fully saturated rings. The van der Waals surface area contributed by atoms with Crippen molar-refractivity contribution < 1.29 is 4.74 Å². The Bertz CT molecular complexity index is 589. The molecule has 0 spiro atoms. The average molecular weight is 342 g/mol. The second-order valence-electron chi connectivity index (χ2n) is 4.41. The molecular weight excluding hydrogens is 322 g/mol. The van der Waals surface area contributed by atoms with Crippen molar-refractivity contribution in [3.63, 3.8) is 0 Å². The quantitative estimate of drug-likeness (QED) is 0.772. The lowest BCUT2D eigenvalue weighted by Crippen LogP contribution is -2.12. The Balaban J connectivity index is 2.13. The molecule has 0 aliphatic heterocycles. The van der Waals surface area contributed by atoms with Gasteiger partial charge in [-0.15, -0.1) is 10.2 Å². The van der Waals surface area contributed by atoms with Gasteiger partial charge >= 0.3 is 0 Å². The van der Waals surface area contributed by atoms with Gasteiger partial charge in [-0.3, -0.25) is 0 Å². The molecule has 114 valence electrons. The zero-order valence-electron chi connectivity index (χ0n) is 12.5. The molecule has 2 rings (SSSR count). The van der Waals surface area contributed by atoms with Gasteiger partial charge in [0.2, 0.25) is 0 Å². The van der Waals surface area contributed by atoms with Crippen molar-refractivity contribution in [1.29, 1.82) is 0 Å². The number of methoxy groups -OCH3 is 1. The first-order chi connectivity index (χ1) is 10.2. The van der Waals surface area contributed by atoms with Crippen LogP contribution in [0.4, 0.5) is 0 Å². The van der Waals surface area contributed by atoms with Gasteiger partial charge in [-0.2, -0.15) is 0 Å². The SMILES string of the molecule is CNC(C)c1ccc(OC)c(CSc2nnc(SC)s2)c1. The molecule has 1 N–H and O–H groups in total. The second-order valence-corrected chi connectivity index (χ2v) is 7.66. The molecule has 1 aromatic carbocycles. The highest BCUT2D eigenvalue weighted by atomic mass is 32.2. The Morgan fingerprint density at radius 2 is 2.10 bits per heavy atom. The molecular formula is C14H19N3OS3. The highest BCUT2D eigenvalue weighted by Gasteiger charge is 2.10. The second kappa shape index (κ2) is 8.03. The summed E-state index contributed by atoms with van der Waals surface area (Å²) in [5.41, 5.74) is 2.44. The van der Waals surface area contributed by atoms with Crippen LogP contribution >= 0.6 is 34.9 Å². The van der Waals surface area contributed by atoms with Gasteiger partial charge in [0.25, 0.3) is 0 Å². The fraction of sp³-hybridized carbons (Fsp3) is 0.429. The van der Waals surface area contributed by atoms with E-state index >= 15 is 0 Å². The summed E-state index contributed by atoms with van der Waals surface area (Å²) >= 11 is 4.96. The molecule has 0 radical (unpaired) electrons. The molecule has 1 heterocycles. The van der Waals surface area contributed by atoms with Crippen LogP contribution in [-0.4, -0.2) is 30.6 Å². The summed E-state index contributed by atoms with van der Waals surface area (Å²) in [7, 11) is 3.68. The van der Waals surface area contributed by atoms with Gasteiger partial charge in [-0.25, -0.2) is 0 Å². The van der Waals surface area contributed by atoms with Gasteiger partial charge in [0, 0.05) is 17.4 Å². The number of rotatable bonds is 7. The Labute approximate surface area is 138 Å². The van der Waals surface area contributed by atoms with Crippen molar-refractivity contribution in [1.82, 2.24) is 15.5 Å². The maximum absolute atomic E-state index is 5.46. The lowest BCUT2D eigenvalue weighted by molar-refractivity contribution is 0.411. The largest absolute Gasteiger partial charge is 0.496 e. The first kappa shape index (κ1) is 16.6. The number of nitrogens with zero attached hydrogens (tertiary/aromatic N) is 2. The van der Waals surface area contributed by atoms with E-state index in [1.807, 2.05) is 19.4 Å². The van der Waals surface area contributed by atoms with Crippen LogP contribution in [0.15, 0.2) is 26.9 Å². The van der Waals surface area contributed by atoms with Crippen LogP contribution in [0.3, 0.4) is 0 Å². The lowest BCUT2D eigenvalue weighted by atomic mass is 10.1. The van der Waals surface area contributed by atoms with Gasteiger partial charge < -0.3 is 10.1 Å². The lowest BCUT2D eigenvalue weighted by Gasteiger charge is -2.14. The first-order valence-corrected chi connectivity index (χ1v) is 9.55. The fourth-order valence-corrected chi connectivity index (χ4v) is 4.24. The van der Waals surface area contributed by atoms with Crippen LogP contribution in [-0.2, 0) is 5.75 Å². The van der Waals surface area contributed by atoms with Crippen molar-refractivity contribution in [2.45, 2.75) is 27.4 Å². The summed E-state index contributed by atoms with van der Waals surface area (Å²) in [6, 6.07) is 6.66. The van der Waals surface area contributed by atoms with Crippen LogP contribution in [0.1, 0.15) is 24.1 Å². The Hall–Kier alpha value is -0.760. The number of hydrogen-bond donors (Lipinski definition) is 1. The van der Waals surface area contributed by atoms with Crippen molar-refractivity contribution in [3.8, 4) is 5.75 Å². The normalized spacial score (nSPS) is 12.4. The zero-order chi connectivity index (χ0) is 15.2. The van der Waals surface area contributed by atoms with E-state index in [1.165, 1.54) is 11.1 Å². The molecule has 7 heteroatoms. The van der Waals surface area contributed by atoms with Crippen molar-refractivity contribution in [2.75, 3.05) is 20.4 Å². The van der Waals surface area contributed by atoms with E-state index in [-0.39, 0.29) is 0 Å². The van der Waals surface area contributed by atoms with Gasteiger partial charge in [0.05, 0.1) is 7.11 Å². The molecule has 4 nitrogen and oxygen atoms in total. The topological polar surface area (TPSA) is 47.0 Å². The Kier molecular flexibility index (Phi) is 6.35. The average Bonchev–Trinajstić information content (AvgIpc) is 2.99. The number of benzene rings is 1. The summed E-state index contributed by atoms with van der Waals surface area (Å²) in [6.07, 6.45) is 2.01. The maximum Gasteiger partial charge on any atom is 0.175 e. The van der Waals surface area contributed by atoms with Crippen molar-refractivity contribution in [2.24, 2.45) is 0 Å². The number of thioether (sulfide) groups is 2. The van der Waals surface area contributed by atoms with E-state index < -0.39 is 0 Å². The van der Waals surface area contributed by atoms with Crippen LogP contribution in [0.25, 0.3) is 0 Å². The zero-order valence-corrected chi connectivity index (χ0v) is 15.0. The number of aromatic nitrogens is 2. The highest BCUT2D eigenvalue weighted by molar-refractivity contribution is 8.02. The molecule has 0 aliphatic carbocycles. The molecule has 0 aliphatic rings. The fourth-order valence-electron chi connectivity index (χ4n) is 1.82. The van der Waals surface area contributed by atoms with Crippen molar-refractivity contribution in [3.05, 3.63) is 29.3 Å². The van der Waals surface area contributed by atoms with Gasteiger partial charge in [0.1, 0.15) is 5.75 Å². The van der Waals surface area contributed by atoms with Crippen molar-refractivity contribution >= 4 is 34.9 Å². The van der Waals surface area contributed by atoms with E-state index in [0.717, 1.165) is 20.2 Å². The molecule has 1 atom stereocenters. The molecule has 2 aromatic rings. The van der Waals surface area contributed by atoms with Crippen LogP contribution in [0.2, 0.25) is 0 Å². The van der Waals surface area contributed by atoms with Crippen LogP contribution in [0, 0.1) is 0 Å². The predicted molar refractivity (Wildman–Crippen MR) is 91.7 cm³/mol. The monoisotopic (exact) mass is 341 g/mol. The van der Waals surface area contributed by atoms with E-state index in [4.69, 9.17) is 4.74 Å². The van der Waals surface area contributed by atoms with E-state index in [1.54, 1.807) is 42.0 Å². The summed E-state index contributed by atoms with van der Waals surface area (Å²) in [5.74, 6) is 1.75.